The highest BCUT2D eigenvalue weighted by atomic mass is 35.5. The Bertz CT molecular complexity index is 1340. The second-order valence-electron chi connectivity index (χ2n) is 8.41. The fraction of sp³-hybridized carbons (Fsp3) is 0.333. The summed E-state index contributed by atoms with van der Waals surface area (Å²) in [5.74, 6) is -0.907. The Hall–Kier alpha value is -2.91. The van der Waals surface area contributed by atoms with Crippen molar-refractivity contribution in [3.05, 3.63) is 78.8 Å². The molecule has 0 saturated carbocycles. The number of halogens is 1. The topological polar surface area (TPSA) is 113 Å². The molecule has 9 heteroatoms. The third kappa shape index (κ3) is 5.42. The average molecular weight is 537 g/mol. The van der Waals surface area contributed by atoms with Crippen LogP contribution in [0.2, 0.25) is 5.02 Å². The number of esters is 1. The maximum absolute atomic E-state index is 13.2. The van der Waals surface area contributed by atoms with E-state index in [0.717, 1.165) is 43.4 Å². The lowest BCUT2D eigenvalue weighted by Gasteiger charge is -2.28. The molecule has 4 rings (SSSR count). The largest absolute Gasteiger partial charge is 0.463 e. The molecule has 1 atom stereocenters. The van der Waals surface area contributed by atoms with Gasteiger partial charge in [-0.3, -0.25) is 0 Å². The summed E-state index contributed by atoms with van der Waals surface area (Å²) in [7, 11) is 0. The van der Waals surface area contributed by atoms with Gasteiger partial charge in [-0.1, -0.05) is 59.7 Å². The van der Waals surface area contributed by atoms with E-state index in [4.69, 9.17) is 27.1 Å². The van der Waals surface area contributed by atoms with Crippen molar-refractivity contribution in [1.29, 1.82) is 10.5 Å². The van der Waals surface area contributed by atoms with Crippen LogP contribution in [0.5, 0.6) is 0 Å². The SMILES string of the molecule is CCOC(=O)C1=C(CSc2nc3c(cc2C#N)CCCCC3)SC(N)=C(C#N)[C@H]1c1ccccc1Cl. The first-order chi connectivity index (χ1) is 17.5. The number of carbonyl (C=O) groups excluding carboxylic acids is 1. The molecular weight excluding hydrogens is 512 g/mol. The van der Waals surface area contributed by atoms with Crippen molar-refractivity contribution in [1.82, 2.24) is 4.98 Å². The number of fused-ring (bicyclic) bond motifs is 1. The van der Waals surface area contributed by atoms with Gasteiger partial charge in [-0.05, 0) is 55.9 Å². The minimum atomic E-state index is -0.741. The van der Waals surface area contributed by atoms with Crippen LogP contribution in [0.25, 0.3) is 0 Å². The van der Waals surface area contributed by atoms with Gasteiger partial charge >= 0.3 is 5.97 Å². The summed E-state index contributed by atoms with van der Waals surface area (Å²) in [5.41, 5.74) is 10.3. The van der Waals surface area contributed by atoms with Gasteiger partial charge in [0.1, 0.15) is 11.1 Å². The van der Waals surface area contributed by atoms with Crippen LogP contribution in [0.1, 0.15) is 54.5 Å². The number of nitriles is 2. The predicted molar refractivity (Wildman–Crippen MR) is 143 cm³/mol. The summed E-state index contributed by atoms with van der Waals surface area (Å²) < 4.78 is 5.41. The number of benzene rings is 1. The molecule has 0 spiro atoms. The van der Waals surface area contributed by atoms with Crippen LogP contribution >= 0.6 is 35.1 Å². The highest BCUT2D eigenvalue weighted by molar-refractivity contribution is 8.08. The lowest BCUT2D eigenvalue weighted by Crippen LogP contribution is -2.23. The Morgan fingerprint density at radius 2 is 2.03 bits per heavy atom. The fourth-order valence-electron chi connectivity index (χ4n) is 4.49. The maximum atomic E-state index is 13.2. The maximum Gasteiger partial charge on any atom is 0.335 e. The Kier molecular flexibility index (Phi) is 8.64. The molecule has 1 aliphatic heterocycles. The van der Waals surface area contributed by atoms with Gasteiger partial charge < -0.3 is 10.5 Å². The number of pyridine rings is 1. The third-order valence-corrected chi connectivity index (χ3v) is 8.78. The van der Waals surface area contributed by atoms with Crippen LogP contribution in [0.15, 0.2) is 56.4 Å². The van der Waals surface area contributed by atoms with Crippen LogP contribution in [0, 0.1) is 22.7 Å². The highest BCUT2D eigenvalue weighted by Gasteiger charge is 2.37. The van der Waals surface area contributed by atoms with Crippen molar-refractivity contribution >= 4 is 41.1 Å². The van der Waals surface area contributed by atoms with E-state index in [0.29, 0.717) is 42.4 Å². The molecule has 0 amide bonds. The summed E-state index contributed by atoms with van der Waals surface area (Å²) >= 11 is 9.09. The number of allylic oxidation sites excluding steroid dienone is 1. The predicted octanol–water partition coefficient (Wildman–Crippen LogP) is 6.01. The first-order valence-corrected chi connectivity index (χ1v) is 13.9. The van der Waals surface area contributed by atoms with Crippen molar-refractivity contribution in [2.24, 2.45) is 5.73 Å². The summed E-state index contributed by atoms with van der Waals surface area (Å²) in [5, 5.41) is 21.1. The average Bonchev–Trinajstić information content (AvgIpc) is 3.11. The minimum absolute atomic E-state index is 0.189. The van der Waals surface area contributed by atoms with Gasteiger partial charge in [-0.15, -0.1) is 0 Å². The number of rotatable bonds is 6. The Morgan fingerprint density at radius 1 is 1.25 bits per heavy atom. The molecule has 184 valence electrons. The molecule has 0 unspecified atom stereocenters. The smallest absolute Gasteiger partial charge is 0.335 e. The Balaban J connectivity index is 1.77. The van der Waals surface area contributed by atoms with Crippen LogP contribution < -0.4 is 5.73 Å². The zero-order valence-corrected chi connectivity index (χ0v) is 22.2. The Morgan fingerprint density at radius 3 is 2.75 bits per heavy atom. The number of thioether (sulfide) groups is 2. The van der Waals surface area contributed by atoms with Crippen molar-refractivity contribution in [2.75, 3.05) is 12.4 Å². The van der Waals surface area contributed by atoms with Crippen molar-refractivity contribution in [3.63, 3.8) is 0 Å². The second kappa shape index (κ2) is 11.9. The number of aryl methyl sites for hydroxylation is 2. The first-order valence-electron chi connectivity index (χ1n) is 11.8. The summed E-state index contributed by atoms with van der Waals surface area (Å²) in [6.07, 6.45) is 5.18. The molecule has 2 N–H and O–H groups in total. The zero-order valence-electron chi connectivity index (χ0n) is 19.8. The van der Waals surface area contributed by atoms with Crippen LogP contribution in [-0.2, 0) is 22.4 Å². The van der Waals surface area contributed by atoms with Crippen LogP contribution in [0.3, 0.4) is 0 Å². The summed E-state index contributed by atoms with van der Waals surface area (Å²) in [6, 6.07) is 13.5. The van der Waals surface area contributed by atoms with Gasteiger partial charge in [0.05, 0.1) is 40.3 Å². The van der Waals surface area contributed by atoms with E-state index in [1.165, 1.54) is 23.5 Å². The van der Waals surface area contributed by atoms with Gasteiger partial charge in [0.25, 0.3) is 0 Å². The molecular formula is C27H25ClN4O2S2. The monoisotopic (exact) mass is 536 g/mol. The molecule has 0 radical (unpaired) electrons. The van der Waals surface area contributed by atoms with Crippen molar-refractivity contribution < 1.29 is 9.53 Å². The third-order valence-electron chi connectivity index (χ3n) is 6.18. The lowest BCUT2D eigenvalue weighted by atomic mass is 9.84. The van der Waals surface area contributed by atoms with Gasteiger partial charge in [0, 0.05) is 21.4 Å². The number of hydrogen-bond donors (Lipinski definition) is 1. The van der Waals surface area contributed by atoms with Crippen molar-refractivity contribution in [2.45, 2.75) is 50.0 Å². The molecule has 1 aromatic heterocycles. The number of ether oxygens (including phenoxy) is 1. The van der Waals surface area contributed by atoms with Crippen LogP contribution in [-0.4, -0.2) is 23.3 Å². The van der Waals surface area contributed by atoms with E-state index in [-0.39, 0.29) is 12.2 Å². The molecule has 1 aliphatic carbocycles. The second-order valence-corrected chi connectivity index (χ2v) is 10.9. The zero-order chi connectivity index (χ0) is 25.7. The number of nitrogens with zero attached hydrogens (tertiary/aromatic N) is 3. The number of hydrogen-bond acceptors (Lipinski definition) is 8. The molecule has 0 fully saturated rings. The minimum Gasteiger partial charge on any atom is -0.463 e. The molecule has 0 saturated heterocycles. The summed E-state index contributed by atoms with van der Waals surface area (Å²) in [4.78, 5) is 18.8. The van der Waals surface area contributed by atoms with Crippen molar-refractivity contribution in [3.8, 4) is 12.1 Å². The number of aromatic nitrogens is 1. The molecule has 36 heavy (non-hydrogen) atoms. The van der Waals surface area contributed by atoms with Gasteiger partial charge in [0.2, 0.25) is 0 Å². The summed E-state index contributed by atoms with van der Waals surface area (Å²) in [6.45, 7) is 1.93. The number of nitrogens with two attached hydrogens (primary N) is 1. The quantitative estimate of drug-likeness (QED) is 0.271. The first kappa shape index (κ1) is 26.2. The van der Waals surface area contributed by atoms with Crippen LogP contribution in [0.4, 0.5) is 0 Å². The van der Waals surface area contributed by atoms with E-state index in [1.807, 2.05) is 12.1 Å². The standard InChI is InChI=1S/C27H25ClN4O2S2/c1-2-34-27(33)24-22(36-25(31)19(14-30)23(24)18-9-6-7-10-20(18)28)15-35-26-17(13-29)12-16-8-4-3-5-11-21(16)32-26/h6-7,9-10,12,23H,2-5,8,11,15,31H2,1H3/t23-/m1/s1. The fourth-order valence-corrected chi connectivity index (χ4v) is 6.86. The molecule has 0 bridgehead atoms. The van der Waals surface area contributed by atoms with E-state index in [1.54, 1.807) is 25.1 Å². The lowest BCUT2D eigenvalue weighted by molar-refractivity contribution is -0.138. The van der Waals surface area contributed by atoms with E-state index in [9.17, 15) is 15.3 Å². The van der Waals surface area contributed by atoms with E-state index >= 15 is 0 Å². The highest BCUT2D eigenvalue weighted by Crippen LogP contribution is 2.48. The molecule has 2 aromatic rings. The number of carbonyl (C=O) groups is 1. The molecule has 2 aliphatic rings. The van der Waals surface area contributed by atoms with Gasteiger partial charge in [0.15, 0.2) is 0 Å². The molecule has 2 heterocycles. The normalized spacial score (nSPS) is 17.6. The molecule has 6 nitrogen and oxygen atoms in total. The van der Waals surface area contributed by atoms with Gasteiger partial charge in [-0.25, -0.2) is 9.78 Å². The Labute approximate surface area is 224 Å². The molecule has 1 aromatic carbocycles. The van der Waals surface area contributed by atoms with Gasteiger partial charge in [-0.2, -0.15) is 10.5 Å². The van der Waals surface area contributed by atoms with E-state index in [2.05, 4.69) is 12.1 Å². The van der Waals surface area contributed by atoms with E-state index < -0.39 is 11.9 Å².